The van der Waals surface area contributed by atoms with Crippen molar-refractivity contribution >= 4 is 22.7 Å². The summed E-state index contributed by atoms with van der Waals surface area (Å²) < 4.78 is 0. The van der Waals surface area contributed by atoms with Gasteiger partial charge in [-0.05, 0) is 34.5 Å². The predicted molar refractivity (Wildman–Crippen MR) is 73.4 cm³/mol. The molecule has 0 unspecified atom stereocenters. The highest BCUT2D eigenvalue weighted by Gasteiger charge is 2.16. The topological polar surface area (TPSA) is 94.8 Å². The molecule has 5 nitrogen and oxygen atoms in total. The molecule has 0 spiro atoms. The van der Waals surface area contributed by atoms with Gasteiger partial charge in [0.25, 0.3) is 0 Å². The zero-order chi connectivity index (χ0) is 14.9. The Hall–Kier alpha value is -2.40. The van der Waals surface area contributed by atoms with Gasteiger partial charge in [0, 0.05) is 12.5 Å². The van der Waals surface area contributed by atoms with Gasteiger partial charge < -0.3 is 15.3 Å². The van der Waals surface area contributed by atoms with E-state index in [0.29, 0.717) is 10.8 Å². The molecule has 1 atom stereocenters. The Kier molecular flexibility index (Phi) is 3.72. The SMILES string of the molecule is C[C@@H](CO)c1ccc(C(=O)O)c2ccc(C(=O)O)cc12. The normalized spacial score (nSPS) is 12.3. The molecule has 0 heterocycles. The number of fused-ring (bicyclic) bond motifs is 1. The van der Waals surface area contributed by atoms with Crippen LogP contribution in [0.25, 0.3) is 10.8 Å². The van der Waals surface area contributed by atoms with E-state index in [1.807, 2.05) is 0 Å². The summed E-state index contributed by atoms with van der Waals surface area (Å²) in [6.07, 6.45) is 0. The van der Waals surface area contributed by atoms with Gasteiger partial charge in [-0.2, -0.15) is 0 Å². The van der Waals surface area contributed by atoms with Gasteiger partial charge in [0.2, 0.25) is 0 Å². The second kappa shape index (κ2) is 5.30. The molecule has 5 heteroatoms. The van der Waals surface area contributed by atoms with E-state index >= 15 is 0 Å². The van der Waals surface area contributed by atoms with E-state index in [9.17, 15) is 19.8 Å². The number of aliphatic hydroxyl groups excluding tert-OH is 1. The molecule has 20 heavy (non-hydrogen) atoms. The van der Waals surface area contributed by atoms with Gasteiger partial charge in [-0.25, -0.2) is 9.59 Å². The monoisotopic (exact) mass is 274 g/mol. The number of hydrogen-bond acceptors (Lipinski definition) is 3. The van der Waals surface area contributed by atoms with Crippen LogP contribution in [0.15, 0.2) is 30.3 Å². The van der Waals surface area contributed by atoms with Crippen molar-refractivity contribution in [2.45, 2.75) is 12.8 Å². The average molecular weight is 274 g/mol. The van der Waals surface area contributed by atoms with Crippen LogP contribution in [-0.2, 0) is 0 Å². The van der Waals surface area contributed by atoms with Crippen LogP contribution < -0.4 is 0 Å². The first-order valence-corrected chi connectivity index (χ1v) is 6.09. The molecule has 2 aromatic rings. The summed E-state index contributed by atoms with van der Waals surface area (Å²) in [7, 11) is 0. The minimum atomic E-state index is -1.07. The molecule has 0 fully saturated rings. The molecular formula is C15H14O5. The third-order valence-corrected chi connectivity index (χ3v) is 3.33. The molecule has 0 saturated heterocycles. The predicted octanol–water partition coefficient (Wildman–Crippen LogP) is 2.33. The Balaban J connectivity index is 2.81. The Morgan fingerprint density at radius 3 is 2.30 bits per heavy atom. The van der Waals surface area contributed by atoms with Crippen molar-refractivity contribution in [3.05, 3.63) is 47.0 Å². The number of aromatic carboxylic acids is 2. The molecule has 0 aliphatic carbocycles. The van der Waals surface area contributed by atoms with Crippen molar-refractivity contribution in [1.82, 2.24) is 0 Å². The molecule has 0 radical (unpaired) electrons. The lowest BCUT2D eigenvalue weighted by Gasteiger charge is -2.14. The van der Waals surface area contributed by atoms with Crippen LogP contribution in [0.1, 0.15) is 39.1 Å². The molecule has 0 aromatic heterocycles. The third kappa shape index (κ3) is 2.35. The number of aliphatic hydroxyl groups is 1. The molecule has 2 rings (SSSR count). The maximum absolute atomic E-state index is 11.2. The lowest BCUT2D eigenvalue weighted by molar-refractivity contribution is 0.0688. The van der Waals surface area contributed by atoms with E-state index in [0.717, 1.165) is 5.56 Å². The van der Waals surface area contributed by atoms with Gasteiger partial charge in [0.1, 0.15) is 0 Å². The van der Waals surface area contributed by atoms with Gasteiger partial charge in [-0.1, -0.05) is 19.1 Å². The number of benzene rings is 2. The summed E-state index contributed by atoms with van der Waals surface area (Å²) in [6, 6.07) is 7.43. The largest absolute Gasteiger partial charge is 0.478 e. The number of carboxylic acids is 2. The van der Waals surface area contributed by atoms with E-state index in [2.05, 4.69) is 0 Å². The van der Waals surface area contributed by atoms with Crippen LogP contribution in [0.4, 0.5) is 0 Å². The van der Waals surface area contributed by atoms with Crippen LogP contribution in [0.5, 0.6) is 0 Å². The molecule has 0 aliphatic rings. The van der Waals surface area contributed by atoms with Crippen LogP contribution in [0, 0.1) is 0 Å². The van der Waals surface area contributed by atoms with Crippen molar-refractivity contribution in [2.75, 3.05) is 6.61 Å². The minimum Gasteiger partial charge on any atom is -0.478 e. The first-order chi connectivity index (χ1) is 9.45. The Morgan fingerprint density at radius 2 is 1.75 bits per heavy atom. The zero-order valence-electron chi connectivity index (χ0n) is 10.8. The molecule has 0 amide bonds. The van der Waals surface area contributed by atoms with Gasteiger partial charge in [-0.3, -0.25) is 0 Å². The standard InChI is InChI=1S/C15H14O5/c1-8(7-16)10-4-5-12(15(19)20)11-3-2-9(14(17)18)6-13(10)11/h2-6,8,16H,7H2,1H3,(H,17,18)(H,19,20)/t8-/m0/s1. The second-order valence-corrected chi connectivity index (χ2v) is 4.66. The Labute approximate surface area is 115 Å². The highest BCUT2D eigenvalue weighted by atomic mass is 16.4. The van der Waals surface area contributed by atoms with E-state index in [4.69, 9.17) is 5.11 Å². The highest BCUT2D eigenvalue weighted by Crippen LogP contribution is 2.29. The van der Waals surface area contributed by atoms with Gasteiger partial charge in [-0.15, -0.1) is 0 Å². The fraction of sp³-hybridized carbons (Fsp3) is 0.200. The number of rotatable bonds is 4. The summed E-state index contributed by atoms with van der Waals surface area (Å²) in [5.41, 5.74) is 0.938. The van der Waals surface area contributed by atoms with Gasteiger partial charge in [0.05, 0.1) is 11.1 Å². The fourth-order valence-electron chi connectivity index (χ4n) is 2.22. The average Bonchev–Trinajstić information content (AvgIpc) is 2.44. The smallest absolute Gasteiger partial charge is 0.336 e. The van der Waals surface area contributed by atoms with E-state index in [-0.39, 0.29) is 23.7 Å². The lowest BCUT2D eigenvalue weighted by Crippen LogP contribution is -2.05. The summed E-state index contributed by atoms with van der Waals surface area (Å²) in [6.45, 7) is 1.70. The summed E-state index contributed by atoms with van der Waals surface area (Å²) in [4.78, 5) is 22.3. The molecule has 2 aromatic carbocycles. The molecule has 104 valence electrons. The van der Waals surface area contributed by atoms with Crippen molar-refractivity contribution in [3.63, 3.8) is 0 Å². The van der Waals surface area contributed by atoms with Gasteiger partial charge in [0.15, 0.2) is 0 Å². The number of carbonyl (C=O) groups is 2. The first kappa shape index (κ1) is 14.0. The van der Waals surface area contributed by atoms with Crippen LogP contribution >= 0.6 is 0 Å². The summed E-state index contributed by atoms with van der Waals surface area (Å²) in [5, 5.41) is 28.5. The van der Waals surface area contributed by atoms with Crippen LogP contribution in [0.3, 0.4) is 0 Å². The number of carboxylic acid groups (broad SMARTS) is 2. The van der Waals surface area contributed by atoms with Crippen molar-refractivity contribution < 1.29 is 24.9 Å². The molecule has 3 N–H and O–H groups in total. The maximum Gasteiger partial charge on any atom is 0.336 e. The summed E-state index contributed by atoms with van der Waals surface area (Å²) >= 11 is 0. The second-order valence-electron chi connectivity index (χ2n) is 4.66. The number of hydrogen-bond donors (Lipinski definition) is 3. The van der Waals surface area contributed by atoms with Crippen molar-refractivity contribution in [3.8, 4) is 0 Å². The van der Waals surface area contributed by atoms with Crippen molar-refractivity contribution in [1.29, 1.82) is 0 Å². The summed E-state index contributed by atoms with van der Waals surface area (Å²) in [5.74, 6) is -2.35. The van der Waals surface area contributed by atoms with E-state index < -0.39 is 11.9 Å². The Morgan fingerprint density at radius 1 is 1.05 bits per heavy atom. The van der Waals surface area contributed by atoms with E-state index in [1.165, 1.54) is 24.3 Å². The molecule has 0 saturated carbocycles. The minimum absolute atomic E-state index is 0.0893. The first-order valence-electron chi connectivity index (χ1n) is 6.09. The molecular weight excluding hydrogens is 260 g/mol. The van der Waals surface area contributed by atoms with Crippen molar-refractivity contribution in [2.24, 2.45) is 0 Å². The van der Waals surface area contributed by atoms with Crippen LogP contribution in [-0.4, -0.2) is 33.9 Å². The molecule has 0 bridgehead atoms. The zero-order valence-corrected chi connectivity index (χ0v) is 10.8. The molecule has 0 aliphatic heterocycles. The van der Waals surface area contributed by atoms with E-state index in [1.54, 1.807) is 13.0 Å². The maximum atomic E-state index is 11.2. The lowest BCUT2D eigenvalue weighted by atomic mass is 9.91. The fourth-order valence-corrected chi connectivity index (χ4v) is 2.22. The van der Waals surface area contributed by atoms with Gasteiger partial charge >= 0.3 is 11.9 Å². The quantitative estimate of drug-likeness (QED) is 0.795. The third-order valence-electron chi connectivity index (χ3n) is 3.33. The van der Waals surface area contributed by atoms with Crippen LogP contribution in [0.2, 0.25) is 0 Å². The Bertz CT molecular complexity index is 690. The highest BCUT2D eigenvalue weighted by molar-refractivity contribution is 6.06.